The predicted octanol–water partition coefficient (Wildman–Crippen LogP) is 3.96. The van der Waals surface area contributed by atoms with Crippen molar-refractivity contribution in [2.24, 2.45) is 7.05 Å². The summed E-state index contributed by atoms with van der Waals surface area (Å²) in [5.41, 5.74) is 4.97. The monoisotopic (exact) mass is 494 g/mol. The zero-order valence-corrected chi connectivity index (χ0v) is 21.0. The molecule has 35 heavy (non-hydrogen) atoms. The lowest BCUT2D eigenvalue weighted by Gasteiger charge is -2.11. The van der Waals surface area contributed by atoms with Gasteiger partial charge in [-0.2, -0.15) is 15.3 Å². The molecule has 0 saturated carbocycles. The first-order valence-corrected chi connectivity index (χ1v) is 11.5. The highest BCUT2D eigenvalue weighted by Crippen LogP contribution is 2.22. The molecule has 0 aliphatic carbocycles. The van der Waals surface area contributed by atoms with E-state index >= 15 is 0 Å². The minimum absolute atomic E-state index is 0.262. The van der Waals surface area contributed by atoms with E-state index in [9.17, 15) is 9.59 Å². The fourth-order valence-corrected chi connectivity index (χ4v) is 3.90. The Morgan fingerprint density at radius 3 is 2.31 bits per heavy atom. The number of rotatable bonds is 7. The molecule has 0 aliphatic heterocycles. The summed E-state index contributed by atoms with van der Waals surface area (Å²) in [6, 6.07) is 7.25. The molecule has 10 nitrogen and oxygen atoms in total. The maximum absolute atomic E-state index is 13.1. The average Bonchev–Trinajstić information content (AvgIpc) is 3.47. The van der Waals surface area contributed by atoms with Crippen LogP contribution >= 0.6 is 11.6 Å². The first-order valence-electron chi connectivity index (χ1n) is 11.1. The number of halogens is 1. The molecular formula is C24H27ClN8O2. The van der Waals surface area contributed by atoms with Crippen LogP contribution in [0.1, 0.15) is 50.4 Å². The van der Waals surface area contributed by atoms with Crippen molar-refractivity contribution in [3.8, 4) is 0 Å². The van der Waals surface area contributed by atoms with Crippen LogP contribution in [-0.4, -0.2) is 41.2 Å². The summed E-state index contributed by atoms with van der Waals surface area (Å²) in [5.74, 6) is -0.730. The Morgan fingerprint density at radius 1 is 0.971 bits per heavy atom. The fraction of sp³-hybridized carbons (Fsp3) is 0.292. The molecule has 0 saturated heterocycles. The van der Waals surface area contributed by atoms with E-state index in [-0.39, 0.29) is 17.5 Å². The third-order valence-corrected chi connectivity index (χ3v) is 6.45. The van der Waals surface area contributed by atoms with Crippen molar-refractivity contribution in [3.63, 3.8) is 0 Å². The lowest BCUT2D eigenvalue weighted by atomic mass is 10.1. The molecule has 2 N–H and O–H groups in total. The lowest BCUT2D eigenvalue weighted by molar-refractivity contribution is 0.101. The van der Waals surface area contributed by atoms with Crippen molar-refractivity contribution in [2.45, 2.75) is 40.8 Å². The molecule has 182 valence electrons. The Kier molecular flexibility index (Phi) is 6.74. The Balaban J connectivity index is 1.55. The van der Waals surface area contributed by atoms with Gasteiger partial charge in [0.25, 0.3) is 11.8 Å². The molecule has 2 amide bonds. The Morgan fingerprint density at radius 2 is 1.69 bits per heavy atom. The van der Waals surface area contributed by atoms with Crippen LogP contribution in [-0.2, 0) is 20.1 Å². The number of hydrogen-bond donors (Lipinski definition) is 2. The van der Waals surface area contributed by atoms with E-state index < -0.39 is 0 Å². The van der Waals surface area contributed by atoms with Gasteiger partial charge in [0.1, 0.15) is 5.69 Å². The molecule has 3 heterocycles. The molecule has 0 unspecified atom stereocenters. The van der Waals surface area contributed by atoms with Gasteiger partial charge in [-0.05, 0) is 45.4 Å². The largest absolute Gasteiger partial charge is 0.319 e. The molecule has 3 aromatic heterocycles. The van der Waals surface area contributed by atoms with Crippen molar-refractivity contribution in [1.82, 2.24) is 29.3 Å². The highest BCUT2D eigenvalue weighted by molar-refractivity contribution is 6.31. The highest BCUT2D eigenvalue weighted by Gasteiger charge is 2.22. The van der Waals surface area contributed by atoms with Gasteiger partial charge in [0.2, 0.25) is 0 Å². The van der Waals surface area contributed by atoms with Crippen LogP contribution in [0.15, 0.2) is 36.7 Å². The topological polar surface area (TPSA) is 112 Å². The molecule has 0 atom stereocenters. The first kappa shape index (κ1) is 24.2. The standard InChI is InChI=1S/C24H27ClN8O2/c1-6-32-22(24(35)28-19-11-26-31(5)15(19)3)20(12-27-32)29-23(34)18-9-7-8-17(10-18)13-33-16(4)21(25)14(2)30-33/h7-12H,6,13H2,1-5H3,(H,28,35)(H,29,34). The molecule has 4 rings (SSSR count). The normalized spacial score (nSPS) is 11.0. The van der Waals surface area contributed by atoms with Gasteiger partial charge in [-0.1, -0.05) is 23.7 Å². The van der Waals surface area contributed by atoms with Gasteiger partial charge in [0.15, 0.2) is 0 Å². The third kappa shape index (κ3) is 4.83. The summed E-state index contributed by atoms with van der Waals surface area (Å²) in [4.78, 5) is 26.2. The number of benzene rings is 1. The second-order valence-electron chi connectivity index (χ2n) is 8.24. The van der Waals surface area contributed by atoms with Crippen LogP contribution in [0, 0.1) is 20.8 Å². The van der Waals surface area contributed by atoms with Gasteiger partial charge >= 0.3 is 0 Å². The fourth-order valence-electron chi connectivity index (χ4n) is 3.77. The molecule has 0 radical (unpaired) electrons. The van der Waals surface area contributed by atoms with Crippen molar-refractivity contribution >= 4 is 34.8 Å². The van der Waals surface area contributed by atoms with Crippen molar-refractivity contribution in [3.05, 3.63) is 75.6 Å². The molecule has 1 aromatic carbocycles. The van der Waals surface area contributed by atoms with Gasteiger partial charge in [-0.25, -0.2) is 0 Å². The van der Waals surface area contributed by atoms with E-state index in [1.54, 1.807) is 34.7 Å². The molecule has 4 aromatic rings. The number of nitrogens with zero attached hydrogens (tertiary/aromatic N) is 6. The van der Waals surface area contributed by atoms with E-state index in [0.29, 0.717) is 35.1 Å². The van der Waals surface area contributed by atoms with Crippen molar-refractivity contribution in [2.75, 3.05) is 10.6 Å². The third-order valence-electron chi connectivity index (χ3n) is 5.90. The first-order chi connectivity index (χ1) is 16.7. The van der Waals surface area contributed by atoms with E-state index in [2.05, 4.69) is 25.9 Å². The summed E-state index contributed by atoms with van der Waals surface area (Å²) in [7, 11) is 1.80. The molecule has 0 fully saturated rings. The zero-order valence-electron chi connectivity index (χ0n) is 20.3. The maximum atomic E-state index is 13.1. The second kappa shape index (κ2) is 9.75. The number of amides is 2. The number of nitrogens with one attached hydrogen (secondary N) is 2. The SMILES string of the molecule is CCn1ncc(NC(=O)c2cccc(Cn3nc(C)c(Cl)c3C)c2)c1C(=O)Nc1cnn(C)c1C. The molecule has 11 heteroatoms. The Labute approximate surface area is 207 Å². The van der Waals surface area contributed by atoms with Crippen LogP contribution in [0.5, 0.6) is 0 Å². The lowest BCUT2D eigenvalue weighted by Crippen LogP contribution is -2.21. The van der Waals surface area contributed by atoms with E-state index in [1.165, 1.54) is 6.20 Å². The van der Waals surface area contributed by atoms with Gasteiger partial charge < -0.3 is 10.6 Å². The predicted molar refractivity (Wildman–Crippen MR) is 134 cm³/mol. The summed E-state index contributed by atoms with van der Waals surface area (Å²) < 4.78 is 5.02. The highest BCUT2D eigenvalue weighted by atomic mass is 35.5. The summed E-state index contributed by atoms with van der Waals surface area (Å²) in [6.45, 7) is 8.44. The Bertz CT molecular complexity index is 1420. The van der Waals surface area contributed by atoms with E-state index in [1.807, 2.05) is 44.5 Å². The van der Waals surface area contributed by atoms with Crippen LogP contribution < -0.4 is 10.6 Å². The minimum Gasteiger partial charge on any atom is -0.319 e. The number of carbonyl (C=O) groups is 2. The van der Waals surface area contributed by atoms with Gasteiger partial charge in [-0.15, -0.1) is 0 Å². The van der Waals surface area contributed by atoms with Gasteiger partial charge in [-0.3, -0.25) is 23.6 Å². The average molecular weight is 495 g/mol. The van der Waals surface area contributed by atoms with Crippen LogP contribution in [0.2, 0.25) is 5.02 Å². The number of aromatic nitrogens is 6. The van der Waals surface area contributed by atoms with Gasteiger partial charge in [0.05, 0.1) is 52.4 Å². The summed E-state index contributed by atoms with van der Waals surface area (Å²) >= 11 is 6.26. The van der Waals surface area contributed by atoms with Crippen LogP contribution in [0.3, 0.4) is 0 Å². The number of anilines is 2. The Hall–Kier alpha value is -3.92. The number of hydrogen-bond acceptors (Lipinski definition) is 5. The maximum Gasteiger partial charge on any atom is 0.276 e. The van der Waals surface area contributed by atoms with Crippen molar-refractivity contribution in [1.29, 1.82) is 0 Å². The molecule has 0 aliphatic rings. The van der Waals surface area contributed by atoms with Gasteiger partial charge in [0, 0.05) is 19.2 Å². The number of aryl methyl sites for hydroxylation is 3. The van der Waals surface area contributed by atoms with Crippen LogP contribution in [0.4, 0.5) is 11.4 Å². The molecule has 0 spiro atoms. The summed E-state index contributed by atoms with van der Waals surface area (Å²) in [5, 5.41) is 19.2. The second-order valence-corrected chi connectivity index (χ2v) is 8.62. The smallest absolute Gasteiger partial charge is 0.276 e. The molecular weight excluding hydrogens is 468 g/mol. The van der Waals surface area contributed by atoms with Crippen LogP contribution in [0.25, 0.3) is 0 Å². The quantitative estimate of drug-likeness (QED) is 0.404. The summed E-state index contributed by atoms with van der Waals surface area (Å²) in [6.07, 6.45) is 3.06. The van der Waals surface area contributed by atoms with Crippen molar-refractivity contribution < 1.29 is 9.59 Å². The molecule has 0 bridgehead atoms. The van der Waals surface area contributed by atoms with E-state index in [4.69, 9.17) is 11.6 Å². The zero-order chi connectivity index (χ0) is 25.3. The number of carbonyl (C=O) groups excluding carboxylic acids is 2. The minimum atomic E-state index is -0.383. The van der Waals surface area contributed by atoms with E-state index in [0.717, 1.165) is 22.6 Å².